The number of hydrogen-bond acceptors (Lipinski definition) is 4. The summed E-state index contributed by atoms with van der Waals surface area (Å²) < 4.78 is 10.1. The minimum atomic E-state index is -0.602. The van der Waals surface area contributed by atoms with Crippen molar-refractivity contribution in [3.8, 4) is 5.75 Å². The maximum absolute atomic E-state index is 11.6. The van der Waals surface area contributed by atoms with Gasteiger partial charge in [-0.25, -0.2) is 0 Å². The standard InChI is InChI=1S/C14H21NO3.ClH/c1-3-4-9-18-14(16)13(15)10-11-5-7-12(17-2)8-6-11;/h5-8,13H,3-4,9-10,15H2,1-2H3;1H. The number of methoxy groups -OCH3 is 1. The summed E-state index contributed by atoms with van der Waals surface area (Å²) in [6, 6.07) is 6.90. The van der Waals surface area contributed by atoms with Gasteiger partial charge in [0.15, 0.2) is 0 Å². The molecule has 5 heteroatoms. The van der Waals surface area contributed by atoms with Gasteiger partial charge in [0.25, 0.3) is 0 Å². The SMILES string of the molecule is CCCCOC(=O)C(N)Cc1ccc(OC)cc1.Cl. The van der Waals surface area contributed by atoms with Crippen molar-refractivity contribution in [3.63, 3.8) is 0 Å². The zero-order valence-corrected chi connectivity index (χ0v) is 12.2. The van der Waals surface area contributed by atoms with E-state index >= 15 is 0 Å². The van der Waals surface area contributed by atoms with Crippen molar-refractivity contribution in [2.45, 2.75) is 32.2 Å². The fraction of sp³-hybridized carbons (Fsp3) is 0.500. The van der Waals surface area contributed by atoms with Gasteiger partial charge in [0.1, 0.15) is 11.8 Å². The molecule has 0 amide bonds. The average molecular weight is 288 g/mol. The fourth-order valence-electron chi connectivity index (χ4n) is 1.52. The Bertz CT molecular complexity index is 367. The molecule has 19 heavy (non-hydrogen) atoms. The molecule has 0 bridgehead atoms. The van der Waals surface area contributed by atoms with Gasteiger partial charge >= 0.3 is 5.97 Å². The summed E-state index contributed by atoms with van der Waals surface area (Å²) in [4.78, 5) is 11.6. The van der Waals surface area contributed by atoms with Crippen LogP contribution in [0.3, 0.4) is 0 Å². The van der Waals surface area contributed by atoms with Gasteiger partial charge in [0.2, 0.25) is 0 Å². The third-order valence-electron chi connectivity index (χ3n) is 2.66. The number of nitrogens with two attached hydrogens (primary N) is 1. The molecule has 0 fully saturated rings. The Morgan fingerprint density at radius 1 is 1.32 bits per heavy atom. The quantitative estimate of drug-likeness (QED) is 0.618. The number of carbonyl (C=O) groups is 1. The first-order chi connectivity index (χ1) is 8.67. The molecule has 0 heterocycles. The molecule has 2 N–H and O–H groups in total. The molecule has 1 aromatic rings. The van der Waals surface area contributed by atoms with E-state index in [1.165, 1.54) is 0 Å². The average Bonchev–Trinajstić information content (AvgIpc) is 2.39. The number of hydrogen-bond donors (Lipinski definition) is 1. The second-order valence-corrected chi connectivity index (χ2v) is 4.18. The van der Waals surface area contributed by atoms with Crippen LogP contribution >= 0.6 is 12.4 Å². The molecule has 0 aliphatic carbocycles. The van der Waals surface area contributed by atoms with Gasteiger partial charge in [-0.3, -0.25) is 4.79 Å². The van der Waals surface area contributed by atoms with Crippen LogP contribution in [0.4, 0.5) is 0 Å². The van der Waals surface area contributed by atoms with Crippen LogP contribution in [0.2, 0.25) is 0 Å². The summed E-state index contributed by atoms with van der Waals surface area (Å²) in [6.07, 6.45) is 2.36. The molecule has 0 aliphatic rings. The molecule has 108 valence electrons. The van der Waals surface area contributed by atoms with Gasteiger partial charge in [0, 0.05) is 0 Å². The smallest absolute Gasteiger partial charge is 0.323 e. The number of carbonyl (C=O) groups excluding carboxylic acids is 1. The summed E-state index contributed by atoms with van der Waals surface area (Å²) in [7, 11) is 1.62. The predicted octanol–water partition coefficient (Wildman–Crippen LogP) is 2.33. The Kier molecular flexibility index (Phi) is 9.00. The van der Waals surface area contributed by atoms with Gasteiger partial charge in [0.05, 0.1) is 13.7 Å². The van der Waals surface area contributed by atoms with E-state index < -0.39 is 6.04 Å². The lowest BCUT2D eigenvalue weighted by Crippen LogP contribution is -2.34. The molecule has 0 saturated carbocycles. The summed E-state index contributed by atoms with van der Waals surface area (Å²) in [5, 5.41) is 0. The van der Waals surface area contributed by atoms with Crippen LogP contribution in [0.15, 0.2) is 24.3 Å². The van der Waals surface area contributed by atoms with Crippen molar-refractivity contribution < 1.29 is 14.3 Å². The van der Waals surface area contributed by atoms with E-state index in [9.17, 15) is 4.79 Å². The number of benzene rings is 1. The highest BCUT2D eigenvalue weighted by Gasteiger charge is 2.15. The molecule has 1 aromatic carbocycles. The van der Waals surface area contributed by atoms with Gasteiger partial charge < -0.3 is 15.2 Å². The second-order valence-electron chi connectivity index (χ2n) is 4.18. The topological polar surface area (TPSA) is 61.5 Å². The van der Waals surface area contributed by atoms with Crippen LogP contribution in [0.5, 0.6) is 5.75 Å². The highest BCUT2D eigenvalue weighted by atomic mass is 35.5. The predicted molar refractivity (Wildman–Crippen MR) is 77.8 cm³/mol. The van der Waals surface area contributed by atoms with Crippen molar-refractivity contribution in [2.75, 3.05) is 13.7 Å². The fourth-order valence-corrected chi connectivity index (χ4v) is 1.52. The molecule has 1 rings (SSSR count). The van der Waals surface area contributed by atoms with Crippen LogP contribution in [0, 0.1) is 0 Å². The Balaban J connectivity index is 0.00000324. The van der Waals surface area contributed by atoms with E-state index in [0.29, 0.717) is 13.0 Å². The maximum Gasteiger partial charge on any atom is 0.323 e. The molecule has 4 nitrogen and oxygen atoms in total. The van der Waals surface area contributed by atoms with Gasteiger partial charge in [-0.15, -0.1) is 12.4 Å². The Hall–Kier alpha value is -1.26. The molecule has 1 atom stereocenters. The Morgan fingerprint density at radius 2 is 1.95 bits per heavy atom. The number of esters is 1. The Labute approximate surface area is 120 Å². The van der Waals surface area contributed by atoms with Crippen molar-refractivity contribution >= 4 is 18.4 Å². The minimum Gasteiger partial charge on any atom is -0.497 e. The lowest BCUT2D eigenvalue weighted by Gasteiger charge is -2.11. The Morgan fingerprint density at radius 3 is 2.47 bits per heavy atom. The highest BCUT2D eigenvalue weighted by Crippen LogP contribution is 2.12. The van der Waals surface area contributed by atoms with Gasteiger partial charge in [-0.2, -0.15) is 0 Å². The minimum absolute atomic E-state index is 0. The summed E-state index contributed by atoms with van der Waals surface area (Å²) in [5.41, 5.74) is 6.79. The second kappa shape index (κ2) is 9.64. The highest BCUT2D eigenvalue weighted by molar-refractivity contribution is 5.85. The van der Waals surface area contributed by atoms with Crippen molar-refractivity contribution in [1.82, 2.24) is 0 Å². The zero-order valence-electron chi connectivity index (χ0n) is 11.4. The van der Waals surface area contributed by atoms with Crippen molar-refractivity contribution in [3.05, 3.63) is 29.8 Å². The molecule has 0 saturated heterocycles. The van der Waals surface area contributed by atoms with Crippen molar-refractivity contribution in [2.24, 2.45) is 5.73 Å². The maximum atomic E-state index is 11.6. The van der Waals surface area contributed by atoms with Crippen LogP contribution < -0.4 is 10.5 Å². The monoisotopic (exact) mass is 287 g/mol. The molecule has 1 unspecified atom stereocenters. The van der Waals surface area contributed by atoms with Crippen LogP contribution in [0.1, 0.15) is 25.3 Å². The first kappa shape index (κ1) is 17.7. The van der Waals surface area contributed by atoms with Crippen LogP contribution in [-0.2, 0) is 16.0 Å². The lowest BCUT2D eigenvalue weighted by atomic mass is 10.1. The van der Waals surface area contributed by atoms with E-state index in [1.807, 2.05) is 31.2 Å². The molecule has 0 aliphatic heterocycles. The van der Waals surface area contributed by atoms with Crippen molar-refractivity contribution in [1.29, 1.82) is 0 Å². The first-order valence-electron chi connectivity index (χ1n) is 6.22. The number of halogens is 1. The first-order valence-corrected chi connectivity index (χ1v) is 6.22. The van der Waals surface area contributed by atoms with Crippen LogP contribution in [0.25, 0.3) is 0 Å². The number of ether oxygens (including phenoxy) is 2. The van der Waals surface area contributed by atoms with Gasteiger partial charge in [-0.05, 0) is 30.5 Å². The zero-order chi connectivity index (χ0) is 13.4. The summed E-state index contributed by atoms with van der Waals surface area (Å²) in [5.74, 6) is 0.456. The van der Waals surface area contributed by atoms with E-state index in [2.05, 4.69) is 0 Å². The molecular formula is C14H22ClNO3. The molecular weight excluding hydrogens is 266 g/mol. The van der Waals surface area contributed by atoms with Gasteiger partial charge in [-0.1, -0.05) is 25.5 Å². The lowest BCUT2D eigenvalue weighted by molar-refractivity contribution is -0.145. The van der Waals surface area contributed by atoms with E-state index in [1.54, 1.807) is 7.11 Å². The molecule has 0 spiro atoms. The summed E-state index contributed by atoms with van der Waals surface area (Å²) >= 11 is 0. The molecule has 0 aromatic heterocycles. The normalized spacial score (nSPS) is 11.3. The van der Waals surface area contributed by atoms with E-state index in [4.69, 9.17) is 15.2 Å². The largest absolute Gasteiger partial charge is 0.497 e. The van der Waals surface area contributed by atoms with Crippen LogP contribution in [-0.4, -0.2) is 25.7 Å². The number of unbranched alkanes of at least 4 members (excludes halogenated alkanes) is 1. The number of rotatable bonds is 7. The van der Waals surface area contributed by atoms with E-state index in [0.717, 1.165) is 24.2 Å². The van der Waals surface area contributed by atoms with E-state index in [-0.39, 0.29) is 18.4 Å². The summed E-state index contributed by atoms with van der Waals surface area (Å²) in [6.45, 7) is 2.50. The third-order valence-corrected chi connectivity index (χ3v) is 2.66. The molecule has 0 radical (unpaired) electrons. The third kappa shape index (κ3) is 6.45.